The quantitative estimate of drug-likeness (QED) is 0.723. The predicted molar refractivity (Wildman–Crippen MR) is 78.1 cm³/mol. The zero-order chi connectivity index (χ0) is 13.0. The van der Waals surface area contributed by atoms with Crippen LogP contribution in [0.4, 0.5) is 0 Å². The van der Waals surface area contributed by atoms with Crippen LogP contribution < -0.4 is 10.6 Å². The van der Waals surface area contributed by atoms with Crippen LogP contribution in [0.3, 0.4) is 0 Å². The van der Waals surface area contributed by atoms with Gasteiger partial charge in [-0.05, 0) is 25.3 Å². The highest BCUT2D eigenvalue weighted by molar-refractivity contribution is 5.27. The van der Waals surface area contributed by atoms with E-state index in [2.05, 4.69) is 55.7 Å². The molecule has 0 radical (unpaired) electrons. The summed E-state index contributed by atoms with van der Waals surface area (Å²) < 4.78 is 0. The van der Waals surface area contributed by atoms with Crippen LogP contribution in [0.15, 0.2) is 24.3 Å². The Labute approximate surface area is 111 Å². The van der Waals surface area contributed by atoms with Crippen molar-refractivity contribution in [3.05, 3.63) is 35.4 Å². The lowest BCUT2D eigenvalue weighted by atomic mass is 9.84. The fourth-order valence-corrected chi connectivity index (χ4v) is 2.16. The first-order valence-corrected chi connectivity index (χ1v) is 7.09. The van der Waals surface area contributed by atoms with Crippen molar-refractivity contribution >= 4 is 0 Å². The Hall–Kier alpha value is -0.860. The molecule has 0 amide bonds. The minimum Gasteiger partial charge on any atom is -0.315 e. The lowest BCUT2D eigenvalue weighted by Crippen LogP contribution is -2.37. The molecule has 1 aromatic rings. The molecule has 0 saturated heterocycles. The molecule has 2 N–H and O–H groups in total. The third-order valence-corrected chi connectivity index (χ3v) is 3.71. The van der Waals surface area contributed by atoms with Crippen molar-refractivity contribution in [1.29, 1.82) is 0 Å². The summed E-state index contributed by atoms with van der Waals surface area (Å²) in [5.41, 5.74) is 2.94. The molecular weight excluding hydrogens is 220 g/mol. The average Bonchev–Trinajstić information content (AvgIpc) is 3.13. The molecule has 0 atom stereocenters. The number of nitrogens with one attached hydrogen (secondary N) is 2. The third-order valence-electron chi connectivity index (χ3n) is 3.71. The smallest absolute Gasteiger partial charge is 0.00793 e. The van der Waals surface area contributed by atoms with Crippen molar-refractivity contribution in [2.75, 3.05) is 19.6 Å². The lowest BCUT2D eigenvalue weighted by molar-refractivity contribution is 0.464. The van der Waals surface area contributed by atoms with Crippen LogP contribution in [0.2, 0.25) is 0 Å². The second kappa shape index (κ2) is 5.85. The maximum atomic E-state index is 3.56. The van der Waals surface area contributed by atoms with Crippen molar-refractivity contribution < 1.29 is 0 Å². The first-order chi connectivity index (χ1) is 8.58. The highest BCUT2D eigenvalue weighted by Crippen LogP contribution is 2.22. The molecule has 0 unspecified atom stereocenters. The topological polar surface area (TPSA) is 24.1 Å². The molecular formula is C16H26N2. The molecule has 1 fully saturated rings. The van der Waals surface area contributed by atoms with Gasteiger partial charge in [-0.3, -0.25) is 0 Å². The molecule has 0 aliphatic heterocycles. The van der Waals surface area contributed by atoms with E-state index in [1.54, 1.807) is 0 Å². The van der Waals surface area contributed by atoms with Crippen molar-refractivity contribution in [1.82, 2.24) is 10.6 Å². The summed E-state index contributed by atoms with van der Waals surface area (Å²) in [7, 11) is 0. The van der Waals surface area contributed by atoms with Crippen molar-refractivity contribution in [3.63, 3.8) is 0 Å². The van der Waals surface area contributed by atoms with Crippen LogP contribution >= 0.6 is 0 Å². The van der Waals surface area contributed by atoms with Crippen LogP contribution in [-0.4, -0.2) is 25.7 Å². The van der Waals surface area contributed by atoms with E-state index < -0.39 is 0 Å². The highest BCUT2D eigenvalue weighted by atomic mass is 15.0. The summed E-state index contributed by atoms with van der Waals surface area (Å²) in [6, 6.07) is 9.72. The predicted octanol–water partition coefficient (Wildman–Crippen LogP) is 2.61. The summed E-state index contributed by atoms with van der Waals surface area (Å²) in [6.07, 6.45) is 2.74. The molecule has 2 nitrogen and oxygen atoms in total. The molecule has 0 heterocycles. The van der Waals surface area contributed by atoms with Gasteiger partial charge in [-0.1, -0.05) is 43.7 Å². The van der Waals surface area contributed by atoms with Gasteiger partial charge in [0, 0.05) is 31.1 Å². The summed E-state index contributed by atoms with van der Waals surface area (Å²) >= 11 is 0. The van der Waals surface area contributed by atoms with E-state index in [0.717, 1.165) is 25.7 Å². The van der Waals surface area contributed by atoms with Crippen LogP contribution in [-0.2, 0) is 5.41 Å². The monoisotopic (exact) mass is 246 g/mol. The molecule has 1 aliphatic carbocycles. The summed E-state index contributed by atoms with van der Waals surface area (Å²) in [5.74, 6) is 0. The Morgan fingerprint density at radius 1 is 1.11 bits per heavy atom. The molecule has 1 aromatic carbocycles. The van der Waals surface area contributed by atoms with E-state index in [-0.39, 0.29) is 5.41 Å². The van der Waals surface area contributed by atoms with E-state index in [0.29, 0.717) is 0 Å². The maximum Gasteiger partial charge on any atom is 0.00793 e. The molecule has 1 saturated carbocycles. The van der Waals surface area contributed by atoms with Crippen LogP contribution in [0, 0.1) is 6.92 Å². The third kappa shape index (κ3) is 4.11. The van der Waals surface area contributed by atoms with Crippen molar-refractivity contribution in [2.24, 2.45) is 0 Å². The number of benzene rings is 1. The Balaban J connectivity index is 1.73. The molecule has 0 aromatic heterocycles. The normalized spacial score (nSPS) is 15.9. The van der Waals surface area contributed by atoms with Gasteiger partial charge in [-0.2, -0.15) is 0 Å². The van der Waals surface area contributed by atoms with Crippen LogP contribution in [0.1, 0.15) is 37.8 Å². The number of hydrogen-bond donors (Lipinski definition) is 2. The summed E-state index contributed by atoms with van der Waals surface area (Å²) in [4.78, 5) is 0. The van der Waals surface area contributed by atoms with Crippen molar-refractivity contribution in [2.45, 2.75) is 45.1 Å². The van der Waals surface area contributed by atoms with Crippen molar-refractivity contribution in [3.8, 4) is 0 Å². The van der Waals surface area contributed by atoms with Gasteiger partial charge in [0.2, 0.25) is 0 Å². The standard InChI is InChI=1S/C16H26N2/c1-13-4-6-14(7-5-13)16(2,3)12-17-10-11-18-15-8-9-15/h4-7,15,17-18H,8-12H2,1-3H3. The maximum absolute atomic E-state index is 3.56. The largest absolute Gasteiger partial charge is 0.315 e. The first kappa shape index (κ1) is 13.6. The minimum absolute atomic E-state index is 0.202. The molecule has 100 valence electrons. The first-order valence-electron chi connectivity index (χ1n) is 7.09. The summed E-state index contributed by atoms with van der Waals surface area (Å²) in [5, 5.41) is 7.09. The van der Waals surface area contributed by atoms with E-state index in [1.165, 1.54) is 24.0 Å². The van der Waals surface area contributed by atoms with Gasteiger partial charge in [0.1, 0.15) is 0 Å². The Kier molecular flexibility index (Phi) is 4.41. The second-order valence-corrected chi connectivity index (χ2v) is 6.16. The van der Waals surface area contributed by atoms with Gasteiger partial charge < -0.3 is 10.6 Å². The summed E-state index contributed by atoms with van der Waals surface area (Å²) in [6.45, 7) is 9.93. The van der Waals surface area contributed by atoms with Gasteiger partial charge in [-0.25, -0.2) is 0 Å². The fourth-order valence-electron chi connectivity index (χ4n) is 2.16. The fraction of sp³-hybridized carbons (Fsp3) is 0.625. The van der Waals surface area contributed by atoms with E-state index in [1.807, 2.05) is 0 Å². The van der Waals surface area contributed by atoms with E-state index in [4.69, 9.17) is 0 Å². The minimum atomic E-state index is 0.202. The van der Waals surface area contributed by atoms with Gasteiger partial charge >= 0.3 is 0 Å². The number of aryl methyl sites for hydroxylation is 1. The highest BCUT2D eigenvalue weighted by Gasteiger charge is 2.21. The Bertz CT molecular complexity index is 363. The molecule has 2 rings (SSSR count). The molecule has 0 bridgehead atoms. The number of rotatable bonds is 7. The zero-order valence-electron chi connectivity index (χ0n) is 11.9. The molecule has 18 heavy (non-hydrogen) atoms. The van der Waals surface area contributed by atoms with E-state index >= 15 is 0 Å². The van der Waals surface area contributed by atoms with Gasteiger partial charge in [0.15, 0.2) is 0 Å². The van der Waals surface area contributed by atoms with Crippen LogP contribution in [0.25, 0.3) is 0 Å². The van der Waals surface area contributed by atoms with Gasteiger partial charge in [0.25, 0.3) is 0 Å². The average molecular weight is 246 g/mol. The second-order valence-electron chi connectivity index (χ2n) is 6.16. The number of hydrogen-bond acceptors (Lipinski definition) is 2. The SMILES string of the molecule is Cc1ccc(C(C)(C)CNCCNC2CC2)cc1. The van der Waals surface area contributed by atoms with E-state index in [9.17, 15) is 0 Å². The van der Waals surface area contributed by atoms with Gasteiger partial charge in [-0.15, -0.1) is 0 Å². The Morgan fingerprint density at radius 2 is 1.78 bits per heavy atom. The van der Waals surface area contributed by atoms with Gasteiger partial charge in [0.05, 0.1) is 0 Å². The van der Waals surface area contributed by atoms with Crippen LogP contribution in [0.5, 0.6) is 0 Å². The zero-order valence-corrected chi connectivity index (χ0v) is 11.9. The molecule has 1 aliphatic rings. The molecule has 0 spiro atoms. The molecule has 2 heteroatoms. The lowest BCUT2D eigenvalue weighted by Gasteiger charge is -2.26. The Morgan fingerprint density at radius 3 is 2.39 bits per heavy atom.